The van der Waals surface area contributed by atoms with Crippen LogP contribution < -0.4 is 4.74 Å². The summed E-state index contributed by atoms with van der Waals surface area (Å²) in [7, 11) is 0. The van der Waals surface area contributed by atoms with E-state index in [0.717, 1.165) is 43.4 Å². The monoisotopic (exact) mass is 491 g/mol. The fraction of sp³-hybridized carbons (Fsp3) is 0.481. The molecule has 0 aliphatic heterocycles. The molecule has 0 spiro atoms. The molecule has 0 bridgehead atoms. The first-order valence-corrected chi connectivity index (χ1v) is 11.7. The predicted molar refractivity (Wildman–Crippen MR) is 137 cm³/mol. The van der Waals surface area contributed by atoms with Crippen LogP contribution in [0.5, 0.6) is 5.75 Å². The SMILES string of the molecule is CC(C)(C)OC(=O)N(CCCc1ccc(OCCCCCc2ccccc2)cc1)CC(=O)O.Cl. The van der Waals surface area contributed by atoms with E-state index in [1.807, 2.05) is 30.3 Å². The molecule has 0 heterocycles. The van der Waals surface area contributed by atoms with Gasteiger partial charge < -0.3 is 14.6 Å². The van der Waals surface area contributed by atoms with E-state index in [0.29, 0.717) is 19.6 Å². The molecule has 0 unspecified atom stereocenters. The van der Waals surface area contributed by atoms with Crippen LogP contribution in [0.25, 0.3) is 0 Å². The van der Waals surface area contributed by atoms with Crippen LogP contribution in [-0.4, -0.2) is 47.4 Å². The summed E-state index contributed by atoms with van der Waals surface area (Å²) in [6.45, 7) is 5.94. The number of aliphatic carboxylic acids is 1. The summed E-state index contributed by atoms with van der Waals surface area (Å²) in [6, 6.07) is 18.5. The Labute approximate surface area is 209 Å². The molecule has 7 heteroatoms. The minimum atomic E-state index is -1.05. The second-order valence-electron chi connectivity index (χ2n) is 9.19. The van der Waals surface area contributed by atoms with Crippen molar-refractivity contribution in [3.05, 3.63) is 65.7 Å². The van der Waals surface area contributed by atoms with Crippen LogP contribution in [0.4, 0.5) is 4.79 Å². The third-order valence-electron chi connectivity index (χ3n) is 5.02. The van der Waals surface area contributed by atoms with Gasteiger partial charge in [0.05, 0.1) is 6.61 Å². The van der Waals surface area contributed by atoms with Gasteiger partial charge in [0.15, 0.2) is 0 Å². The van der Waals surface area contributed by atoms with Gasteiger partial charge in [0.1, 0.15) is 17.9 Å². The molecule has 0 atom stereocenters. The van der Waals surface area contributed by atoms with Crippen molar-refractivity contribution in [2.75, 3.05) is 19.7 Å². The Hall–Kier alpha value is -2.73. The maximum Gasteiger partial charge on any atom is 0.410 e. The molecule has 34 heavy (non-hydrogen) atoms. The minimum Gasteiger partial charge on any atom is -0.494 e. The zero-order chi connectivity index (χ0) is 24.1. The lowest BCUT2D eigenvalue weighted by Crippen LogP contribution is -2.40. The van der Waals surface area contributed by atoms with Crippen molar-refractivity contribution in [3.8, 4) is 5.75 Å². The van der Waals surface area contributed by atoms with Gasteiger partial charge in [0, 0.05) is 6.54 Å². The second kappa shape index (κ2) is 15.2. The van der Waals surface area contributed by atoms with Crippen LogP contribution in [0.2, 0.25) is 0 Å². The van der Waals surface area contributed by atoms with Gasteiger partial charge in [-0.15, -0.1) is 12.4 Å². The highest BCUT2D eigenvalue weighted by Crippen LogP contribution is 2.15. The number of carbonyl (C=O) groups is 2. The summed E-state index contributed by atoms with van der Waals surface area (Å²) in [6.07, 6.45) is 5.21. The Kier molecular flexibility index (Phi) is 13.1. The average Bonchev–Trinajstić information content (AvgIpc) is 2.75. The van der Waals surface area contributed by atoms with Crippen LogP contribution in [0, 0.1) is 0 Å². The number of amides is 1. The maximum absolute atomic E-state index is 12.2. The molecule has 2 aromatic carbocycles. The molecule has 0 fully saturated rings. The number of ether oxygens (including phenoxy) is 2. The largest absolute Gasteiger partial charge is 0.494 e. The molecule has 188 valence electrons. The van der Waals surface area contributed by atoms with Gasteiger partial charge in [-0.25, -0.2) is 4.79 Å². The second-order valence-corrected chi connectivity index (χ2v) is 9.19. The van der Waals surface area contributed by atoms with Gasteiger partial charge in [-0.1, -0.05) is 42.5 Å². The first kappa shape index (κ1) is 29.3. The van der Waals surface area contributed by atoms with Gasteiger partial charge >= 0.3 is 12.1 Å². The van der Waals surface area contributed by atoms with E-state index in [1.165, 1.54) is 10.5 Å². The maximum atomic E-state index is 12.2. The lowest BCUT2D eigenvalue weighted by molar-refractivity contribution is -0.138. The number of halogens is 1. The Morgan fingerprint density at radius 3 is 2.09 bits per heavy atom. The molecule has 1 N–H and O–H groups in total. The molecular formula is C27H38ClNO5. The van der Waals surface area contributed by atoms with E-state index in [1.54, 1.807) is 20.8 Å². The van der Waals surface area contributed by atoms with Crippen LogP contribution in [0.1, 0.15) is 57.6 Å². The number of aryl methyl sites for hydroxylation is 2. The van der Waals surface area contributed by atoms with Gasteiger partial charge in [-0.2, -0.15) is 0 Å². The number of nitrogens with zero attached hydrogens (tertiary/aromatic N) is 1. The number of carboxylic acid groups (broad SMARTS) is 1. The highest BCUT2D eigenvalue weighted by Gasteiger charge is 2.23. The molecule has 0 saturated heterocycles. The van der Waals surface area contributed by atoms with E-state index in [4.69, 9.17) is 14.6 Å². The van der Waals surface area contributed by atoms with E-state index in [-0.39, 0.29) is 19.0 Å². The molecule has 0 aromatic heterocycles. The van der Waals surface area contributed by atoms with Gasteiger partial charge in [0.2, 0.25) is 0 Å². The van der Waals surface area contributed by atoms with Crippen molar-refractivity contribution in [3.63, 3.8) is 0 Å². The standard InChI is InChI=1S/C27H37NO5.ClH/c1-27(2,3)33-26(31)28(21-25(29)30)19-10-14-23-15-17-24(18-16-23)32-20-9-5-8-13-22-11-6-4-7-12-22;/h4,6-7,11-12,15-18H,5,8-10,13-14,19-21H2,1-3H3,(H,29,30);1H. The molecule has 0 aliphatic carbocycles. The molecule has 6 nitrogen and oxygen atoms in total. The topological polar surface area (TPSA) is 76.1 Å². The van der Waals surface area contributed by atoms with Crippen molar-refractivity contribution in [1.82, 2.24) is 4.90 Å². The molecule has 0 aliphatic rings. The summed E-state index contributed by atoms with van der Waals surface area (Å²) < 4.78 is 11.2. The van der Waals surface area contributed by atoms with Crippen molar-refractivity contribution in [2.24, 2.45) is 0 Å². The predicted octanol–water partition coefficient (Wildman–Crippen LogP) is 6.15. The zero-order valence-corrected chi connectivity index (χ0v) is 21.3. The van der Waals surface area contributed by atoms with Gasteiger partial charge in [-0.05, 0) is 82.6 Å². The minimum absolute atomic E-state index is 0. The van der Waals surface area contributed by atoms with Crippen molar-refractivity contribution in [2.45, 2.75) is 64.9 Å². The zero-order valence-electron chi connectivity index (χ0n) is 20.5. The summed E-state index contributed by atoms with van der Waals surface area (Å²) in [5, 5.41) is 9.09. The molecular weight excluding hydrogens is 454 g/mol. The number of hydrogen-bond acceptors (Lipinski definition) is 4. The Morgan fingerprint density at radius 1 is 0.853 bits per heavy atom. The lowest BCUT2D eigenvalue weighted by Gasteiger charge is -2.26. The first-order valence-electron chi connectivity index (χ1n) is 11.7. The van der Waals surface area contributed by atoms with Gasteiger partial charge in [-0.3, -0.25) is 9.69 Å². The lowest BCUT2D eigenvalue weighted by atomic mass is 10.1. The van der Waals surface area contributed by atoms with Crippen molar-refractivity contribution >= 4 is 24.5 Å². The normalized spacial score (nSPS) is 10.8. The first-order chi connectivity index (χ1) is 15.7. The fourth-order valence-corrected chi connectivity index (χ4v) is 3.39. The Bertz CT molecular complexity index is 850. The molecule has 0 saturated carbocycles. The molecule has 2 rings (SSSR count). The Balaban J connectivity index is 0.00000578. The molecule has 1 amide bonds. The van der Waals surface area contributed by atoms with E-state index < -0.39 is 17.7 Å². The number of rotatable bonds is 13. The fourth-order valence-electron chi connectivity index (χ4n) is 3.39. The van der Waals surface area contributed by atoms with Crippen molar-refractivity contribution in [1.29, 1.82) is 0 Å². The smallest absolute Gasteiger partial charge is 0.410 e. The van der Waals surface area contributed by atoms with Crippen molar-refractivity contribution < 1.29 is 24.2 Å². The number of unbranched alkanes of at least 4 members (excludes halogenated alkanes) is 2. The van der Waals surface area contributed by atoms with Crippen LogP contribution in [-0.2, 0) is 22.4 Å². The van der Waals surface area contributed by atoms with E-state index in [2.05, 4.69) is 24.3 Å². The van der Waals surface area contributed by atoms with E-state index >= 15 is 0 Å². The highest BCUT2D eigenvalue weighted by atomic mass is 35.5. The number of carbonyl (C=O) groups excluding carboxylic acids is 1. The van der Waals surface area contributed by atoms with E-state index in [9.17, 15) is 9.59 Å². The third-order valence-corrected chi connectivity index (χ3v) is 5.02. The highest BCUT2D eigenvalue weighted by molar-refractivity contribution is 5.85. The van der Waals surface area contributed by atoms with Gasteiger partial charge in [0.25, 0.3) is 0 Å². The number of carboxylic acids is 1. The summed E-state index contributed by atoms with van der Waals surface area (Å²) in [5.74, 6) is -0.203. The quantitative estimate of drug-likeness (QED) is 0.340. The molecule has 2 aromatic rings. The summed E-state index contributed by atoms with van der Waals surface area (Å²) >= 11 is 0. The molecule has 0 radical (unpaired) electrons. The average molecular weight is 492 g/mol. The number of hydrogen-bond donors (Lipinski definition) is 1. The van der Waals surface area contributed by atoms with Crippen LogP contribution in [0.3, 0.4) is 0 Å². The third kappa shape index (κ3) is 12.5. The van der Waals surface area contributed by atoms with Crippen LogP contribution in [0.15, 0.2) is 54.6 Å². The Morgan fingerprint density at radius 2 is 1.47 bits per heavy atom. The summed E-state index contributed by atoms with van der Waals surface area (Å²) in [4.78, 5) is 24.6. The van der Waals surface area contributed by atoms with Crippen LogP contribution >= 0.6 is 12.4 Å². The number of benzene rings is 2. The summed E-state index contributed by atoms with van der Waals surface area (Å²) in [5.41, 5.74) is 1.84.